The average molecular weight is 219 g/mol. The second-order valence-corrected chi connectivity index (χ2v) is 3.96. The molecule has 0 saturated heterocycles. The van der Waals surface area contributed by atoms with Crippen LogP contribution >= 0.6 is 11.6 Å². The Morgan fingerprint density at radius 2 is 2.14 bits per heavy atom. The molecule has 0 heterocycles. The van der Waals surface area contributed by atoms with Gasteiger partial charge in [-0.15, -0.1) is 0 Å². The van der Waals surface area contributed by atoms with Crippen molar-refractivity contribution in [1.82, 2.24) is 0 Å². The molecule has 0 fully saturated rings. The molecule has 2 nitrogen and oxygen atoms in total. The molecule has 0 radical (unpaired) electrons. The monoisotopic (exact) mass is 218 g/mol. The van der Waals surface area contributed by atoms with Crippen LogP contribution in [0.1, 0.15) is 11.6 Å². The predicted molar refractivity (Wildman–Crippen MR) is 54.7 cm³/mol. The van der Waals surface area contributed by atoms with Crippen LogP contribution in [0.5, 0.6) is 0 Å². The van der Waals surface area contributed by atoms with Crippen molar-refractivity contribution in [3.8, 4) is 0 Å². The summed E-state index contributed by atoms with van der Waals surface area (Å²) in [5, 5.41) is 0.486. The fraction of sp³-hybridized carbons (Fsp3) is 0.400. The molecule has 1 aromatic rings. The van der Waals surface area contributed by atoms with Crippen molar-refractivity contribution in [3.05, 3.63) is 34.6 Å². The highest BCUT2D eigenvalue weighted by Gasteiger charge is 2.24. The van der Waals surface area contributed by atoms with Gasteiger partial charge in [-0.25, -0.2) is 4.39 Å². The van der Waals surface area contributed by atoms with Gasteiger partial charge in [0.05, 0.1) is 24.7 Å². The van der Waals surface area contributed by atoms with Crippen molar-refractivity contribution >= 4 is 11.6 Å². The fourth-order valence-corrected chi connectivity index (χ4v) is 1.86. The van der Waals surface area contributed by atoms with Gasteiger partial charge < -0.3 is 10.6 Å². The lowest BCUT2D eigenvalue weighted by atomic mass is 10.1. The van der Waals surface area contributed by atoms with Crippen LogP contribution in [0.2, 0.25) is 5.02 Å². The highest BCUT2D eigenvalue weighted by molar-refractivity contribution is 6.31. The molecule has 1 atom stereocenters. The van der Waals surface area contributed by atoms with Gasteiger partial charge in [0.2, 0.25) is 0 Å². The number of quaternary nitrogens is 2. The van der Waals surface area contributed by atoms with E-state index in [0.29, 0.717) is 17.1 Å². The minimum Gasteiger partial charge on any atom is -0.352 e. The van der Waals surface area contributed by atoms with Gasteiger partial charge in [0, 0.05) is 0 Å². The van der Waals surface area contributed by atoms with E-state index in [1.807, 2.05) is 14.1 Å². The third kappa shape index (κ3) is 2.23. The summed E-state index contributed by atoms with van der Waals surface area (Å²) in [5.41, 5.74) is 4.39. The van der Waals surface area contributed by atoms with E-state index in [0.717, 1.165) is 4.90 Å². The summed E-state index contributed by atoms with van der Waals surface area (Å²) in [7, 11) is 3.94. The highest BCUT2D eigenvalue weighted by atomic mass is 35.5. The van der Waals surface area contributed by atoms with E-state index >= 15 is 0 Å². The van der Waals surface area contributed by atoms with Crippen LogP contribution in [0.3, 0.4) is 0 Å². The van der Waals surface area contributed by atoms with Crippen molar-refractivity contribution in [2.24, 2.45) is 0 Å². The van der Waals surface area contributed by atoms with E-state index in [2.05, 4.69) is 5.73 Å². The van der Waals surface area contributed by atoms with E-state index in [1.165, 1.54) is 6.07 Å². The lowest BCUT2D eigenvalue weighted by Crippen LogP contribution is -3.08. The van der Waals surface area contributed by atoms with Crippen LogP contribution in [-0.2, 0) is 0 Å². The van der Waals surface area contributed by atoms with Crippen LogP contribution in [0.15, 0.2) is 18.2 Å². The Morgan fingerprint density at radius 3 is 2.57 bits per heavy atom. The number of hydrogen-bond donors (Lipinski definition) is 2. The topological polar surface area (TPSA) is 32.1 Å². The second kappa shape index (κ2) is 4.73. The van der Waals surface area contributed by atoms with Gasteiger partial charge in [0.25, 0.3) is 0 Å². The Hall–Kier alpha value is -0.640. The first-order valence-electron chi connectivity index (χ1n) is 4.61. The Kier molecular flexibility index (Phi) is 3.86. The Morgan fingerprint density at radius 1 is 1.50 bits per heavy atom. The molecule has 78 valence electrons. The minimum atomic E-state index is -0.243. The van der Waals surface area contributed by atoms with Gasteiger partial charge >= 0.3 is 0 Å². The van der Waals surface area contributed by atoms with Crippen LogP contribution in [0.4, 0.5) is 4.39 Å². The van der Waals surface area contributed by atoms with E-state index < -0.39 is 0 Å². The molecule has 4 heteroatoms. The van der Waals surface area contributed by atoms with Crippen LogP contribution in [-0.4, -0.2) is 20.6 Å². The quantitative estimate of drug-likeness (QED) is 0.711. The van der Waals surface area contributed by atoms with Crippen LogP contribution < -0.4 is 10.6 Å². The standard InChI is InChI=1S/C10H14ClFN2/c1-14(2)9(6-13)10-7(11)4-3-5-8(10)12/h3-5,9H,6,13H2,1-2H3/p+2/t9-/m0/s1. The maximum Gasteiger partial charge on any atom is 0.166 e. The molecular formula is C10H16ClFN2+2. The van der Waals surface area contributed by atoms with Gasteiger partial charge in [-0.3, -0.25) is 0 Å². The predicted octanol–water partition coefficient (Wildman–Crippen LogP) is -0.0934. The van der Waals surface area contributed by atoms with E-state index in [4.69, 9.17) is 11.6 Å². The van der Waals surface area contributed by atoms with Crippen molar-refractivity contribution in [3.63, 3.8) is 0 Å². The average Bonchev–Trinajstić information content (AvgIpc) is 2.10. The zero-order valence-corrected chi connectivity index (χ0v) is 9.24. The largest absolute Gasteiger partial charge is 0.352 e. The molecule has 0 aliphatic heterocycles. The smallest absolute Gasteiger partial charge is 0.166 e. The SMILES string of the molecule is C[NH+](C)[C@@H](C[NH3+])c1c(F)cccc1Cl. The van der Waals surface area contributed by atoms with Crippen molar-refractivity contribution in [1.29, 1.82) is 0 Å². The molecule has 0 bridgehead atoms. The van der Waals surface area contributed by atoms with Crippen LogP contribution in [0, 0.1) is 5.82 Å². The molecule has 0 amide bonds. The van der Waals surface area contributed by atoms with Crippen molar-refractivity contribution in [2.75, 3.05) is 20.6 Å². The molecule has 0 aliphatic rings. The molecule has 0 unspecified atom stereocenters. The van der Waals surface area contributed by atoms with E-state index in [9.17, 15) is 4.39 Å². The number of benzene rings is 1. The van der Waals surface area contributed by atoms with Gasteiger partial charge in [-0.2, -0.15) is 0 Å². The zero-order chi connectivity index (χ0) is 10.7. The summed E-state index contributed by atoms with van der Waals surface area (Å²) in [4.78, 5) is 1.13. The maximum absolute atomic E-state index is 13.5. The summed E-state index contributed by atoms with van der Waals surface area (Å²) in [6.07, 6.45) is 0. The summed E-state index contributed by atoms with van der Waals surface area (Å²) >= 11 is 5.97. The van der Waals surface area contributed by atoms with Crippen molar-refractivity contribution < 1.29 is 15.0 Å². The first-order valence-corrected chi connectivity index (χ1v) is 4.99. The fourth-order valence-electron chi connectivity index (χ4n) is 1.57. The van der Waals surface area contributed by atoms with Crippen LogP contribution in [0.25, 0.3) is 0 Å². The summed E-state index contributed by atoms with van der Waals surface area (Å²) in [6, 6.07) is 4.79. The first-order chi connectivity index (χ1) is 6.57. The molecule has 1 aromatic carbocycles. The first kappa shape index (κ1) is 11.4. The normalized spacial score (nSPS) is 13.3. The Bertz CT molecular complexity index is 295. The third-order valence-electron chi connectivity index (χ3n) is 2.33. The Balaban J connectivity index is 3.15. The third-order valence-corrected chi connectivity index (χ3v) is 2.66. The number of halogens is 2. The van der Waals surface area contributed by atoms with Gasteiger partial charge in [-0.1, -0.05) is 17.7 Å². The summed E-state index contributed by atoms with van der Waals surface area (Å²) < 4.78 is 13.5. The van der Waals surface area contributed by atoms with Gasteiger partial charge in [-0.05, 0) is 12.1 Å². The van der Waals surface area contributed by atoms with E-state index in [1.54, 1.807) is 12.1 Å². The molecule has 0 aliphatic carbocycles. The zero-order valence-electron chi connectivity index (χ0n) is 8.48. The molecule has 0 aromatic heterocycles. The van der Waals surface area contributed by atoms with Crippen molar-refractivity contribution in [2.45, 2.75) is 6.04 Å². The second-order valence-electron chi connectivity index (χ2n) is 3.55. The summed E-state index contributed by atoms with van der Waals surface area (Å²) in [6.45, 7) is 0.628. The summed E-state index contributed by atoms with van der Waals surface area (Å²) in [5.74, 6) is -0.243. The van der Waals surface area contributed by atoms with Gasteiger partial charge in [0.1, 0.15) is 12.4 Å². The molecule has 0 spiro atoms. The minimum absolute atomic E-state index is 0.0173. The molecular weight excluding hydrogens is 203 g/mol. The van der Waals surface area contributed by atoms with Gasteiger partial charge in [0.15, 0.2) is 6.04 Å². The number of likely N-dealkylation sites (N-methyl/N-ethyl adjacent to an activating group) is 1. The lowest BCUT2D eigenvalue weighted by Gasteiger charge is -2.19. The van der Waals surface area contributed by atoms with E-state index in [-0.39, 0.29) is 11.9 Å². The molecule has 14 heavy (non-hydrogen) atoms. The maximum atomic E-state index is 13.5. The number of hydrogen-bond acceptors (Lipinski definition) is 0. The lowest BCUT2D eigenvalue weighted by molar-refractivity contribution is -0.899. The Labute approximate surface area is 88.5 Å². The molecule has 0 saturated carbocycles. The number of rotatable bonds is 3. The molecule has 1 rings (SSSR count). The molecule has 4 N–H and O–H groups in total. The highest BCUT2D eigenvalue weighted by Crippen LogP contribution is 2.23. The number of nitrogens with one attached hydrogen (secondary N) is 1.